The summed E-state index contributed by atoms with van der Waals surface area (Å²) in [6, 6.07) is 18.9. The molecule has 0 heterocycles. The third-order valence-electron chi connectivity index (χ3n) is 5.37. The second-order valence-corrected chi connectivity index (χ2v) is 7.59. The summed E-state index contributed by atoms with van der Waals surface area (Å²) in [6.45, 7) is 7.39. The molecule has 0 fully saturated rings. The van der Waals surface area contributed by atoms with Crippen LogP contribution < -0.4 is 0 Å². The number of rotatable bonds is 10. The molecule has 0 nitrogen and oxygen atoms in total. The van der Waals surface area contributed by atoms with E-state index in [1.54, 1.807) is 18.2 Å². The summed E-state index contributed by atoms with van der Waals surface area (Å²) < 4.78 is 28.7. The zero-order chi connectivity index (χ0) is 21.3. The highest BCUT2D eigenvalue weighted by atomic mass is 19.1. The molecule has 2 heteroatoms. The normalized spacial score (nSPS) is 10.7. The van der Waals surface area contributed by atoms with Crippen LogP contribution in [-0.4, -0.2) is 0 Å². The van der Waals surface area contributed by atoms with E-state index in [2.05, 4.69) is 13.2 Å². The van der Waals surface area contributed by atoms with Gasteiger partial charge in [-0.15, -0.1) is 13.2 Å². The Kier molecular flexibility index (Phi) is 7.73. The van der Waals surface area contributed by atoms with Crippen molar-refractivity contribution in [3.8, 4) is 11.1 Å². The van der Waals surface area contributed by atoms with Gasteiger partial charge in [0.25, 0.3) is 0 Å². The minimum absolute atomic E-state index is 0.142. The molecule has 0 unspecified atom stereocenters. The zero-order valence-electron chi connectivity index (χ0n) is 17.3. The van der Waals surface area contributed by atoms with Gasteiger partial charge < -0.3 is 0 Å². The molecule has 3 rings (SSSR count). The third kappa shape index (κ3) is 5.76. The summed E-state index contributed by atoms with van der Waals surface area (Å²) in [7, 11) is 0. The smallest absolute Gasteiger partial charge is 0.131 e. The Morgan fingerprint density at radius 1 is 0.600 bits per heavy atom. The number of aryl methyl sites for hydroxylation is 4. The molecule has 0 aliphatic heterocycles. The lowest BCUT2D eigenvalue weighted by Gasteiger charge is -2.09. The van der Waals surface area contributed by atoms with Crippen LogP contribution >= 0.6 is 0 Å². The molecule has 3 aromatic rings. The Bertz CT molecular complexity index is 1000. The van der Waals surface area contributed by atoms with Gasteiger partial charge in [-0.3, -0.25) is 0 Å². The maximum absolute atomic E-state index is 14.5. The molecule has 0 aromatic heterocycles. The number of hydrogen-bond acceptors (Lipinski definition) is 0. The van der Waals surface area contributed by atoms with Crippen LogP contribution in [0.4, 0.5) is 8.78 Å². The highest BCUT2D eigenvalue weighted by Crippen LogP contribution is 2.25. The van der Waals surface area contributed by atoms with Gasteiger partial charge in [-0.25, -0.2) is 8.78 Å². The second-order valence-electron chi connectivity index (χ2n) is 7.59. The molecule has 0 bridgehead atoms. The first-order chi connectivity index (χ1) is 14.6. The third-order valence-corrected chi connectivity index (χ3v) is 5.37. The van der Waals surface area contributed by atoms with Gasteiger partial charge in [-0.05, 0) is 78.5 Å². The van der Waals surface area contributed by atoms with Crippen LogP contribution in [-0.2, 0) is 25.7 Å². The predicted octanol–water partition coefficient (Wildman–Crippen LogP) is 7.65. The van der Waals surface area contributed by atoms with Gasteiger partial charge in [0.1, 0.15) is 11.6 Å². The summed E-state index contributed by atoms with van der Waals surface area (Å²) >= 11 is 0. The van der Waals surface area contributed by atoms with Crippen LogP contribution in [0.3, 0.4) is 0 Å². The molecule has 3 aromatic carbocycles. The van der Waals surface area contributed by atoms with Gasteiger partial charge in [0.05, 0.1) is 0 Å². The van der Waals surface area contributed by atoms with Crippen molar-refractivity contribution < 1.29 is 8.78 Å². The largest absolute Gasteiger partial charge is 0.207 e. The van der Waals surface area contributed by atoms with Gasteiger partial charge in [0, 0.05) is 5.56 Å². The monoisotopic (exact) mass is 402 g/mol. The molecular weight excluding hydrogens is 374 g/mol. The van der Waals surface area contributed by atoms with E-state index in [1.165, 1.54) is 0 Å². The number of allylic oxidation sites excluding steroid dienone is 2. The average molecular weight is 403 g/mol. The van der Waals surface area contributed by atoms with E-state index in [0.717, 1.165) is 59.9 Å². The van der Waals surface area contributed by atoms with Crippen molar-refractivity contribution in [1.29, 1.82) is 0 Å². The molecule has 0 N–H and O–H groups in total. The molecular formula is C28H28F2. The maximum atomic E-state index is 14.5. The van der Waals surface area contributed by atoms with Crippen molar-refractivity contribution in [3.05, 3.63) is 120 Å². The van der Waals surface area contributed by atoms with Crippen LogP contribution in [0.5, 0.6) is 0 Å². The summed E-state index contributed by atoms with van der Waals surface area (Å²) in [5.74, 6) is -0.340. The highest BCUT2D eigenvalue weighted by molar-refractivity contribution is 5.64. The quantitative estimate of drug-likeness (QED) is 0.305. The van der Waals surface area contributed by atoms with Crippen LogP contribution in [0.15, 0.2) is 86.0 Å². The van der Waals surface area contributed by atoms with Crippen LogP contribution in [0.2, 0.25) is 0 Å². The van der Waals surface area contributed by atoms with Gasteiger partial charge in [-0.2, -0.15) is 0 Å². The molecule has 0 radical (unpaired) electrons. The number of halogens is 2. The lowest BCUT2D eigenvalue weighted by atomic mass is 9.98. The van der Waals surface area contributed by atoms with E-state index >= 15 is 0 Å². The van der Waals surface area contributed by atoms with E-state index in [-0.39, 0.29) is 11.6 Å². The number of benzene rings is 3. The lowest BCUT2D eigenvalue weighted by Crippen LogP contribution is -1.96. The van der Waals surface area contributed by atoms with Crippen molar-refractivity contribution in [2.24, 2.45) is 0 Å². The van der Waals surface area contributed by atoms with Crippen LogP contribution in [0.25, 0.3) is 11.1 Å². The van der Waals surface area contributed by atoms with Gasteiger partial charge >= 0.3 is 0 Å². The molecule has 30 heavy (non-hydrogen) atoms. The average Bonchev–Trinajstić information content (AvgIpc) is 2.76. The maximum Gasteiger partial charge on any atom is 0.131 e. The minimum Gasteiger partial charge on any atom is -0.207 e. The zero-order valence-corrected chi connectivity index (χ0v) is 17.3. The minimum atomic E-state index is -0.198. The molecule has 0 amide bonds. The fraction of sp³-hybridized carbons (Fsp3) is 0.214. The summed E-state index contributed by atoms with van der Waals surface area (Å²) in [4.78, 5) is 0. The number of hydrogen-bond donors (Lipinski definition) is 0. The lowest BCUT2D eigenvalue weighted by molar-refractivity contribution is 0.607. The first kappa shape index (κ1) is 21.7. The van der Waals surface area contributed by atoms with Crippen LogP contribution in [0.1, 0.15) is 35.1 Å². The standard InChI is InChI=1S/C28H28F2/c1-3-5-7-22-14-18-26(28(30)20-22)24-15-11-21(12-16-24)9-10-23-13-17-25(8-6-4-2)27(29)19-23/h3-4,11-20H,1-2,5-10H2. The topological polar surface area (TPSA) is 0 Å². The Hall–Kier alpha value is -3.00. The van der Waals surface area contributed by atoms with E-state index < -0.39 is 0 Å². The summed E-state index contributed by atoms with van der Waals surface area (Å²) in [5, 5.41) is 0. The van der Waals surface area contributed by atoms with Crippen molar-refractivity contribution in [2.75, 3.05) is 0 Å². The van der Waals surface area contributed by atoms with Gasteiger partial charge in [-0.1, -0.05) is 60.7 Å². The second kappa shape index (κ2) is 10.7. The molecule has 0 spiro atoms. The van der Waals surface area contributed by atoms with E-state index in [0.29, 0.717) is 12.0 Å². The fourth-order valence-electron chi connectivity index (χ4n) is 3.56. The molecule has 0 aliphatic carbocycles. The first-order valence-corrected chi connectivity index (χ1v) is 10.5. The first-order valence-electron chi connectivity index (χ1n) is 10.5. The highest BCUT2D eigenvalue weighted by Gasteiger charge is 2.07. The van der Waals surface area contributed by atoms with E-state index in [9.17, 15) is 8.78 Å². The SMILES string of the molecule is C=CCCc1ccc(-c2ccc(CCc3ccc(CCC=C)c(F)c3)cc2)c(F)c1. The molecule has 0 saturated carbocycles. The van der Waals surface area contributed by atoms with Gasteiger partial charge in [0.2, 0.25) is 0 Å². The Balaban J connectivity index is 1.63. The van der Waals surface area contributed by atoms with Crippen molar-refractivity contribution >= 4 is 0 Å². The van der Waals surface area contributed by atoms with Crippen molar-refractivity contribution in [3.63, 3.8) is 0 Å². The van der Waals surface area contributed by atoms with Gasteiger partial charge in [0.15, 0.2) is 0 Å². The van der Waals surface area contributed by atoms with E-state index in [4.69, 9.17) is 0 Å². The fourth-order valence-corrected chi connectivity index (χ4v) is 3.56. The van der Waals surface area contributed by atoms with Crippen molar-refractivity contribution in [2.45, 2.75) is 38.5 Å². The van der Waals surface area contributed by atoms with E-state index in [1.807, 2.05) is 54.6 Å². The predicted molar refractivity (Wildman–Crippen MR) is 123 cm³/mol. The molecule has 154 valence electrons. The Labute approximate surface area is 178 Å². The summed E-state index contributed by atoms with van der Waals surface area (Å²) in [6.07, 6.45) is 8.34. The molecule has 0 saturated heterocycles. The molecule has 0 aliphatic rings. The Morgan fingerprint density at radius 2 is 1.17 bits per heavy atom. The molecule has 0 atom stereocenters. The Morgan fingerprint density at radius 3 is 1.83 bits per heavy atom. The summed E-state index contributed by atoms with van der Waals surface area (Å²) in [5.41, 5.74) is 5.33. The van der Waals surface area contributed by atoms with Crippen molar-refractivity contribution in [1.82, 2.24) is 0 Å². The van der Waals surface area contributed by atoms with Crippen LogP contribution in [0, 0.1) is 11.6 Å².